The van der Waals surface area contributed by atoms with Crippen LogP contribution in [0.25, 0.3) is 0 Å². The molecule has 4 nitrogen and oxygen atoms in total. The number of nitrogens with zero attached hydrogens (tertiary/aromatic N) is 2. The van der Waals surface area contributed by atoms with Crippen LogP contribution in [0.3, 0.4) is 0 Å². The number of pyridine rings is 1. The summed E-state index contributed by atoms with van der Waals surface area (Å²) in [4.78, 5) is 14.7. The zero-order chi connectivity index (χ0) is 12.3. The molecule has 1 heterocycles. The van der Waals surface area contributed by atoms with Crippen LogP contribution in [-0.4, -0.2) is 18.1 Å². The maximum atomic E-state index is 12.4. The van der Waals surface area contributed by atoms with E-state index in [0.717, 1.165) is 13.2 Å². The van der Waals surface area contributed by atoms with E-state index in [1.54, 1.807) is 28.7 Å². The number of esters is 1. The van der Waals surface area contributed by atoms with Crippen LogP contribution in [0.2, 0.25) is 0 Å². The highest BCUT2D eigenvalue weighted by atomic mass is 127. The molecule has 0 aliphatic heterocycles. The predicted molar refractivity (Wildman–Crippen MR) is 58.0 cm³/mol. The Bertz CT molecular complexity index is 471. The third-order valence-corrected chi connectivity index (χ3v) is 2.56. The summed E-state index contributed by atoms with van der Waals surface area (Å²) in [6, 6.07) is 2.65. The second-order valence-electron chi connectivity index (χ2n) is 2.66. The van der Waals surface area contributed by atoms with Crippen LogP contribution in [0.1, 0.15) is 28.2 Å². The Labute approximate surface area is 103 Å². The molecule has 1 aromatic heterocycles. The molecule has 0 saturated carbocycles. The fraction of sp³-hybridized carbons (Fsp3) is 0.222. The van der Waals surface area contributed by atoms with E-state index in [0.29, 0.717) is 0 Å². The largest absolute Gasteiger partial charge is 0.465 e. The number of rotatable bonds is 2. The van der Waals surface area contributed by atoms with Gasteiger partial charge in [-0.3, -0.25) is 0 Å². The van der Waals surface area contributed by atoms with Gasteiger partial charge in [0.15, 0.2) is 5.69 Å². The Morgan fingerprint density at radius 2 is 2.31 bits per heavy atom. The van der Waals surface area contributed by atoms with Gasteiger partial charge < -0.3 is 4.74 Å². The zero-order valence-corrected chi connectivity index (χ0v) is 10.2. The van der Waals surface area contributed by atoms with E-state index >= 15 is 0 Å². The maximum Gasteiger partial charge on any atom is 0.341 e. The molecule has 0 saturated heterocycles. The van der Waals surface area contributed by atoms with Crippen molar-refractivity contribution in [1.29, 1.82) is 5.26 Å². The first-order valence-electron chi connectivity index (χ1n) is 3.98. The number of ether oxygens (including phenoxy) is 1. The van der Waals surface area contributed by atoms with Crippen molar-refractivity contribution in [2.45, 2.75) is 6.43 Å². The van der Waals surface area contributed by atoms with E-state index in [9.17, 15) is 13.6 Å². The number of halogens is 3. The number of carbonyl (C=O) groups is 1. The molecule has 1 rings (SSSR count). The average Bonchev–Trinajstić information content (AvgIpc) is 2.26. The van der Waals surface area contributed by atoms with E-state index in [1.165, 1.54) is 0 Å². The van der Waals surface area contributed by atoms with Crippen molar-refractivity contribution < 1.29 is 18.3 Å². The van der Waals surface area contributed by atoms with Crippen molar-refractivity contribution in [3.63, 3.8) is 0 Å². The molecule has 0 spiro atoms. The van der Waals surface area contributed by atoms with Crippen molar-refractivity contribution in [2.24, 2.45) is 0 Å². The lowest BCUT2D eigenvalue weighted by Crippen LogP contribution is -2.10. The summed E-state index contributed by atoms with van der Waals surface area (Å²) in [5.74, 6) is -0.769. The summed E-state index contributed by atoms with van der Waals surface area (Å²) in [6.45, 7) is 0. The van der Waals surface area contributed by atoms with Gasteiger partial charge in [0.2, 0.25) is 0 Å². The molecule has 84 valence electrons. The van der Waals surface area contributed by atoms with E-state index in [2.05, 4.69) is 9.72 Å². The van der Waals surface area contributed by atoms with Gasteiger partial charge in [-0.15, -0.1) is 0 Å². The van der Waals surface area contributed by atoms with Gasteiger partial charge in [-0.25, -0.2) is 18.6 Å². The summed E-state index contributed by atoms with van der Waals surface area (Å²) in [5, 5.41) is 8.72. The van der Waals surface area contributed by atoms with Crippen LogP contribution in [0.5, 0.6) is 0 Å². The molecule has 1 aromatic rings. The van der Waals surface area contributed by atoms with Gasteiger partial charge >= 0.3 is 5.97 Å². The predicted octanol–water partition coefficient (Wildman–Crippen LogP) is 2.28. The Morgan fingerprint density at radius 3 is 2.75 bits per heavy atom. The maximum absolute atomic E-state index is 12.4. The highest BCUT2D eigenvalue weighted by molar-refractivity contribution is 14.1. The SMILES string of the molecule is COC(=O)c1c(I)cc(C(F)F)nc1C#N. The Morgan fingerprint density at radius 1 is 1.69 bits per heavy atom. The van der Waals surface area contributed by atoms with Gasteiger partial charge in [0.05, 0.1) is 7.11 Å². The van der Waals surface area contributed by atoms with Crippen LogP contribution in [0.15, 0.2) is 6.07 Å². The second-order valence-corrected chi connectivity index (χ2v) is 3.82. The topological polar surface area (TPSA) is 63.0 Å². The normalized spacial score (nSPS) is 10.0. The number of nitriles is 1. The fourth-order valence-electron chi connectivity index (χ4n) is 1.02. The summed E-state index contributed by atoms with van der Waals surface area (Å²) >= 11 is 1.68. The van der Waals surface area contributed by atoms with Crippen LogP contribution in [0.4, 0.5) is 8.78 Å². The minimum atomic E-state index is -2.78. The lowest BCUT2D eigenvalue weighted by atomic mass is 10.2. The van der Waals surface area contributed by atoms with Crippen molar-refractivity contribution in [1.82, 2.24) is 4.98 Å². The highest BCUT2D eigenvalue weighted by Gasteiger charge is 2.21. The van der Waals surface area contributed by atoms with Crippen LogP contribution < -0.4 is 0 Å². The average molecular weight is 338 g/mol. The molecule has 0 aliphatic rings. The summed E-state index contributed by atoms with van der Waals surface area (Å²) in [7, 11) is 1.14. The number of methoxy groups -OCH3 is 1. The molecule has 16 heavy (non-hydrogen) atoms. The van der Waals surface area contributed by atoms with Crippen molar-refractivity contribution >= 4 is 28.6 Å². The molecule has 0 radical (unpaired) electrons. The molecule has 0 fully saturated rings. The van der Waals surface area contributed by atoms with Crippen LogP contribution in [-0.2, 0) is 4.74 Å². The van der Waals surface area contributed by atoms with E-state index in [-0.39, 0.29) is 14.8 Å². The molecule has 0 N–H and O–H groups in total. The van der Waals surface area contributed by atoms with Crippen molar-refractivity contribution in [3.05, 3.63) is 26.6 Å². The van der Waals surface area contributed by atoms with Crippen molar-refractivity contribution in [3.8, 4) is 6.07 Å². The second kappa shape index (κ2) is 5.16. The molecular formula is C9H5F2IN2O2. The molecule has 0 amide bonds. The zero-order valence-electron chi connectivity index (χ0n) is 8.00. The van der Waals surface area contributed by atoms with E-state index < -0.39 is 18.1 Å². The lowest BCUT2D eigenvalue weighted by molar-refractivity contribution is 0.0598. The fourth-order valence-corrected chi connectivity index (χ4v) is 1.82. The number of aromatic nitrogens is 1. The number of carbonyl (C=O) groups excluding carboxylic acids is 1. The van der Waals surface area contributed by atoms with Crippen LogP contribution in [0, 0.1) is 14.9 Å². The minimum absolute atomic E-state index is 0.0880. The number of hydrogen-bond donors (Lipinski definition) is 0. The summed E-state index contributed by atoms with van der Waals surface area (Å²) < 4.78 is 29.4. The first-order valence-corrected chi connectivity index (χ1v) is 5.06. The Hall–Kier alpha value is -1.30. The molecule has 0 unspecified atom stereocenters. The third-order valence-electron chi connectivity index (χ3n) is 1.71. The van der Waals surface area contributed by atoms with Gasteiger partial charge in [0.25, 0.3) is 6.43 Å². The number of alkyl halides is 2. The quantitative estimate of drug-likeness (QED) is 0.613. The standard InChI is InChI=1S/C9H5F2IN2O2/c1-16-9(15)7-4(12)2-5(8(10)11)14-6(7)3-13/h2,8H,1H3. The molecule has 0 bridgehead atoms. The van der Waals surface area contributed by atoms with Crippen molar-refractivity contribution in [2.75, 3.05) is 7.11 Å². The lowest BCUT2D eigenvalue weighted by Gasteiger charge is -2.06. The molecular weight excluding hydrogens is 333 g/mol. The smallest absolute Gasteiger partial charge is 0.341 e. The summed E-state index contributed by atoms with van der Waals surface area (Å²) in [6.07, 6.45) is -2.78. The van der Waals surface area contributed by atoms with Gasteiger partial charge in [0, 0.05) is 3.57 Å². The van der Waals surface area contributed by atoms with E-state index in [1.807, 2.05) is 0 Å². The highest BCUT2D eigenvalue weighted by Crippen LogP contribution is 2.23. The molecule has 0 aromatic carbocycles. The van der Waals surface area contributed by atoms with Gasteiger partial charge in [0.1, 0.15) is 17.3 Å². The monoisotopic (exact) mass is 338 g/mol. The minimum Gasteiger partial charge on any atom is -0.465 e. The van der Waals surface area contributed by atoms with Gasteiger partial charge in [-0.1, -0.05) is 0 Å². The molecule has 0 aliphatic carbocycles. The first kappa shape index (κ1) is 12.8. The van der Waals surface area contributed by atoms with Crippen LogP contribution >= 0.6 is 22.6 Å². The van der Waals surface area contributed by atoms with E-state index in [4.69, 9.17) is 5.26 Å². The first-order chi connectivity index (χ1) is 7.51. The molecule has 0 atom stereocenters. The Balaban J connectivity index is 3.42. The molecule has 7 heteroatoms. The van der Waals surface area contributed by atoms with Gasteiger partial charge in [-0.05, 0) is 28.7 Å². The number of hydrogen-bond acceptors (Lipinski definition) is 4. The summed E-state index contributed by atoms with van der Waals surface area (Å²) in [5.41, 5.74) is -0.974. The third kappa shape index (κ3) is 2.44. The van der Waals surface area contributed by atoms with Gasteiger partial charge in [-0.2, -0.15) is 5.26 Å². The Kier molecular flexibility index (Phi) is 4.12.